The molecular formula is C26H30N2O5S. The monoisotopic (exact) mass is 482 g/mol. The molecular weight excluding hydrogens is 452 g/mol. The summed E-state index contributed by atoms with van der Waals surface area (Å²) in [6, 6.07) is 12.7. The first-order chi connectivity index (χ1) is 16.2. The number of amides is 1. The maximum absolute atomic E-state index is 13.0. The van der Waals surface area contributed by atoms with Crippen LogP contribution in [0.4, 0.5) is 5.69 Å². The largest absolute Gasteiger partial charge is 0.466 e. The van der Waals surface area contributed by atoms with Crippen LogP contribution in [0.15, 0.2) is 58.8 Å². The van der Waals surface area contributed by atoms with Gasteiger partial charge in [-0.05, 0) is 48.9 Å². The summed E-state index contributed by atoms with van der Waals surface area (Å²) in [7, 11) is 0. The summed E-state index contributed by atoms with van der Waals surface area (Å²) < 4.78 is 5.08. The smallest absolute Gasteiger partial charge is 0.309 e. The highest BCUT2D eigenvalue weighted by Crippen LogP contribution is 2.39. The summed E-state index contributed by atoms with van der Waals surface area (Å²) in [4.78, 5) is 39.5. The quantitative estimate of drug-likeness (QED) is 0.208. The van der Waals surface area contributed by atoms with Gasteiger partial charge in [0.15, 0.2) is 0 Å². The maximum Gasteiger partial charge on any atom is 0.309 e. The van der Waals surface area contributed by atoms with Gasteiger partial charge in [0.05, 0.1) is 22.3 Å². The van der Waals surface area contributed by atoms with E-state index in [9.17, 15) is 19.7 Å². The minimum Gasteiger partial charge on any atom is -0.466 e. The van der Waals surface area contributed by atoms with Crippen LogP contribution in [0.25, 0.3) is 5.57 Å². The molecule has 1 fully saturated rings. The van der Waals surface area contributed by atoms with E-state index in [0.29, 0.717) is 43.0 Å². The summed E-state index contributed by atoms with van der Waals surface area (Å²) in [5.74, 6) is -0.422. The van der Waals surface area contributed by atoms with Crippen LogP contribution in [-0.4, -0.2) is 41.4 Å². The molecule has 2 aromatic rings. The first-order valence-electron chi connectivity index (χ1n) is 11.4. The Balaban J connectivity index is 1.76. The topological polar surface area (TPSA) is 89.8 Å². The molecule has 1 saturated heterocycles. The van der Waals surface area contributed by atoms with Gasteiger partial charge in [-0.3, -0.25) is 19.7 Å². The Hall–Kier alpha value is -3.13. The van der Waals surface area contributed by atoms with Gasteiger partial charge in [-0.15, -0.1) is 0 Å². The molecule has 0 N–H and O–H groups in total. The molecule has 1 amide bonds. The van der Waals surface area contributed by atoms with Gasteiger partial charge in [-0.2, -0.15) is 0 Å². The van der Waals surface area contributed by atoms with E-state index in [1.165, 1.54) is 17.8 Å². The number of hydrogen-bond acceptors (Lipinski definition) is 6. The van der Waals surface area contributed by atoms with Gasteiger partial charge >= 0.3 is 5.97 Å². The van der Waals surface area contributed by atoms with E-state index in [1.807, 2.05) is 24.3 Å². The molecule has 1 aliphatic rings. The number of nitrogens with zero attached hydrogens (tertiary/aromatic N) is 2. The number of ether oxygens (including phenoxy) is 1. The maximum atomic E-state index is 13.0. The average Bonchev–Trinajstić information content (AvgIpc) is 2.83. The van der Waals surface area contributed by atoms with E-state index in [1.54, 1.807) is 24.0 Å². The van der Waals surface area contributed by atoms with Crippen LogP contribution in [0, 0.1) is 16.0 Å². The van der Waals surface area contributed by atoms with E-state index < -0.39 is 4.92 Å². The molecule has 1 aliphatic heterocycles. The highest BCUT2D eigenvalue weighted by Gasteiger charge is 2.30. The van der Waals surface area contributed by atoms with Crippen LogP contribution in [-0.2, 0) is 14.3 Å². The Morgan fingerprint density at radius 1 is 1.18 bits per heavy atom. The zero-order valence-electron chi connectivity index (χ0n) is 19.8. The normalized spacial score (nSPS) is 14.2. The lowest BCUT2D eigenvalue weighted by Crippen LogP contribution is -2.40. The van der Waals surface area contributed by atoms with Crippen molar-refractivity contribution in [3.05, 3.63) is 70.3 Å². The van der Waals surface area contributed by atoms with Crippen molar-refractivity contribution in [1.82, 2.24) is 4.90 Å². The van der Waals surface area contributed by atoms with Gasteiger partial charge in [0.25, 0.3) is 11.6 Å². The van der Waals surface area contributed by atoms with Gasteiger partial charge in [-0.25, -0.2) is 0 Å². The molecule has 180 valence electrons. The summed E-state index contributed by atoms with van der Waals surface area (Å²) in [5.41, 5.74) is 1.69. The fourth-order valence-electron chi connectivity index (χ4n) is 4.00. The van der Waals surface area contributed by atoms with Crippen molar-refractivity contribution in [2.45, 2.75) is 49.3 Å². The molecule has 3 rings (SSSR count). The predicted octanol–water partition coefficient (Wildman–Crippen LogP) is 5.68. The zero-order chi connectivity index (χ0) is 24.8. The second kappa shape index (κ2) is 11.3. The van der Waals surface area contributed by atoms with Crippen molar-refractivity contribution in [3.8, 4) is 0 Å². The summed E-state index contributed by atoms with van der Waals surface area (Å²) >= 11 is 1.35. The van der Waals surface area contributed by atoms with Gasteiger partial charge in [-0.1, -0.05) is 56.5 Å². The van der Waals surface area contributed by atoms with Gasteiger partial charge < -0.3 is 9.64 Å². The molecule has 0 aromatic heterocycles. The number of benzene rings is 2. The number of hydrogen-bond donors (Lipinski definition) is 0. The number of rotatable bonds is 8. The Bertz CT molecular complexity index is 1090. The van der Waals surface area contributed by atoms with Crippen LogP contribution < -0.4 is 0 Å². The fraction of sp³-hybridized carbons (Fsp3) is 0.385. The number of nitro benzene ring substituents is 1. The van der Waals surface area contributed by atoms with Crippen molar-refractivity contribution in [2.24, 2.45) is 5.92 Å². The lowest BCUT2D eigenvalue weighted by Gasteiger charge is -2.31. The minimum atomic E-state index is -0.424. The highest BCUT2D eigenvalue weighted by molar-refractivity contribution is 7.99. The van der Waals surface area contributed by atoms with Gasteiger partial charge in [0.1, 0.15) is 0 Å². The standard InChI is InChI=1S/C26H30N2O5S/c1-5-33-26(30)19-12-14-27(15-13-19)25(29)18(4)20-10-11-24(22(16-20)28(31)32)34-23-9-7-6-8-21(23)17(2)3/h6-11,16-17,19H,4-5,12-15H2,1-3H3. The van der Waals surface area contributed by atoms with Crippen molar-refractivity contribution in [3.63, 3.8) is 0 Å². The first kappa shape index (κ1) is 25.5. The molecule has 8 heteroatoms. The number of carbonyl (C=O) groups is 2. The van der Waals surface area contributed by atoms with E-state index in [2.05, 4.69) is 20.4 Å². The molecule has 0 aliphatic carbocycles. The van der Waals surface area contributed by atoms with Crippen LogP contribution in [0.5, 0.6) is 0 Å². The van der Waals surface area contributed by atoms with Crippen LogP contribution in [0.1, 0.15) is 50.7 Å². The van der Waals surface area contributed by atoms with Crippen molar-refractivity contribution in [2.75, 3.05) is 19.7 Å². The zero-order valence-corrected chi connectivity index (χ0v) is 20.6. The van der Waals surface area contributed by atoms with Crippen LogP contribution in [0.2, 0.25) is 0 Å². The van der Waals surface area contributed by atoms with Crippen molar-refractivity contribution in [1.29, 1.82) is 0 Å². The summed E-state index contributed by atoms with van der Waals surface area (Å²) in [6.45, 7) is 11.0. The van der Waals surface area contributed by atoms with Gasteiger partial charge in [0.2, 0.25) is 0 Å². The molecule has 0 spiro atoms. The summed E-state index contributed by atoms with van der Waals surface area (Å²) in [5, 5.41) is 11.9. The Morgan fingerprint density at radius 3 is 2.47 bits per heavy atom. The molecule has 0 radical (unpaired) electrons. The molecule has 0 unspecified atom stereocenters. The predicted molar refractivity (Wildman–Crippen MR) is 133 cm³/mol. The Labute approximate surface area is 204 Å². The van der Waals surface area contributed by atoms with Crippen molar-refractivity contribution < 1.29 is 19.2 Å². The number of likely N-dealkylation sites (tertiary alicyclic amines) is 1. The Morgan fingerprint density at radius 2 is 1.85 bits per heavy atom. The molecule has 7 nitrogen and oxygen atoms in total. The average molecular weight is 483 g/mol. The first-order valence-corrected chi connectivity index (χ1v) is 12.2. The third-order valence-corrected chi connectivity index (χ3v) is 7.08. The number of carbonyl (C=O) groups excluding carboxylic acids is 2. The van der Waals surface area contributed by atoms with E-state index >= 15 is 0 Å². The minimum absolute atomic E-state index is 0.0592. The van der Waals surface area contributed by atoms with Crippen LogP contribution in [0.3, 0.4) is 0 Å². The second-order valence-electron chi connectivity index (χ2n) is 8.53. The third-order valence-electron chi connectivity index (χ3n) is 5.93. The van der Waals surface area contributed by atoms with Crippen LogP contribution >= 0.6 is 11.8 Å². The molecule has 1 heterocycles. The molecule has 0 bridgehead atoms. The molecule has 0 atom stereocenters. The van der Waals surface area contributed by atoms with E-state index in [-0.39, 0.29) is 35.0 Å². The van der Waals surface area contributed by atoms with Crippen molar-refractivity contribution >= 4 is 34.9 Å². The van der Waals surface area contributed by atoms with Gasteiger partial charge in [0, 0.05) is 29.6 Å². The molecule has 2 aromatic carbocycles. The molecule has 0 saturated carbocycles. The molecule has 34 heavy (non-hydrogen) atoms. The SMILES string of the molecule is C=C(C(=O)N1CCC(C(=O)OCC)CC1)c1ccc(Sc2ccccc2C(C)C)c([N+](=O)[O-])c1. The number of esters is 1. The lowest BCUT2D eigenvalue weighted by molar-refractivity contribution is -0.387. The lowest BCUT2D eigenvalue weighted by atomic mass is 9.96. The van der Waals surface area contributed by atoms with E-state index in [4.69, 9.17) is 4.74 Å². The number of nitro groups is 1. The third kappa shape index (κ3) is 5.86. The Kier molecular flexibility index (Phi) is 8.50. The second-order valence-corrected chi connectivity index (χ2v) is 9.62. The number of piperidine rings is 1. The highest BCUT2D eigenvalue weighted by atomic mass is 32.2. The fourth-order valence-corrected chi connectivity index (χ4v) is 5.17. The summed E-state index contributed by atoms with van der Waals surface area (Å²) in [6.07, 6.45) is 1.06. The van der Waals surface area contributed by atoms with E-state index in [0.717, 1.165) is 10.5 Å².